The highest BCUT2D eigenvalue weighted by molar-refractivity contribution is 7.99. The van der Waals surface area contributed by atoms with E-state index in [9.17, 15) is 9.59 Å². The first-order valence-electron chi connectivity index (χ1n) is 9.80. The van der Waals surface area contributed by atoms with E-state index in [-0.39, 0.29) is 17.6 Å². The minimum absolute atomic E-state index is 0.0782. The predicted molar refractivity (Wildman–Crippen MR) is 124 cm³/mol. The Balaban J connectivity index is 1.46. The van der Waals surface area contributed by atoms with Crippen LogP contribution in [0.4, 0.5) is 11.4 Å². The maximum atomic E-state index is 12.5. The molecule has 0 radical (unpaired) electrons. The highest BCUT2D eigenvalue weighted by Gasteiger charge is 2.17. The first-order chi connectivity index (χ1) is 16.1. The van der Waals surface area contributed by atoms with E-state index in [0.29, 0.717) is 39.4 Å². The highest BCUT2D eigenvalue weighted by atomic mass is 32.2. The molecule has 0 spiro atoms. The van der Waals surface area contributed by atoms with Crippen molar-refractivity contribution in [2.24, 2.45) is 0 Å². The fraction of sp³-hybridized carbons (Fsp3) is 0.136. The topological polar surface area (TPSA) is 120 Å². The van der Waals surface area contributed by atoms with E-state index in [1.165, 1.54) is 30.5 Å². The Kier molecular flexibility index (Phi) is 6.69. The number of carbonyl (C=O) groups is 2. The SMILES string of the molecule is COc1cc(NC(=O)c2ccccc2)c(OC)cc1NC(=O)CSc1nc2ncccn2n1. The van der Waals surface area contributed by atoms with E-state index in [4.69, 9.17) is 9.47 Å². The lowest BCUT2D eigenvalue weighted by molar-refractivity contribution is -0.113. The van der Waals surface area contributed by atoms with Gasteiger partial charge in [0, 0.05) is 30.1 Å². The fourth-order valence-electron chi connectivity index (χ4n) is 2.97. The summed E-state index contributed by atoms with van der Waals surface area (Å²) in [5, 5.41) is 10.3. The van der Waals surface area contributed by atoms with Gasteiger partial charge < -0.3 is 20.1 Å². The number of carbonyl (C=O) groups excluding carboxylic acids is 2. The van der Waals surface area contributed by atoms with Crippen molar-refractivity contribution >= 4 is 40.7 Å². The number of methoxy groups -OCH3 is 2. The second-order valence-electron chi connectivity index (χ2n) is 6.67. The molecule has 2 aromatic carbocycles. The molecule has 2 aromatic heterocycles. The number of amides is 2. The normalized spacial score (nSPS) is 10.6. The average Bonchev–Trinajstić information content (AvgIpc) is 3.27. The molecule has 0 aliphatic carbocycles. The van der Waals surface area contributed by atoms with Crippen molar-refractivity contribution in [2.45, 2.75) is 5.16 Å². The predicted octanol–water partition coefficient (Wildman–Crippen LogP) is 3.12. The van der Waals surface area contributed by atoms with Gasteiger partial charge in [0.25, 0.3) is 11.7 Å². The summed E-state index contributed by atoms with van der Waals surface area (Å²) >= 11 is 1.18. The summed E-state index contributed by atoms with van der Waals surface area (Å²) in [6.45, 7) is 0. The summed E-state index contributed by atoms with van der Waals surface area (Å²) in [7, 11) is 2.95. The maximum Gasteiger partial charge on any atom is 0.255 e. The van der Waals surface area contributed by atoms with Gasteiger partial charge in [-0.15, -0.1) is 5.10 Å². The lowest BCUT2D eigenvalue weighted by Gasteiger charge is -2.16. The minimum Gasteiger partial charge on any atom is -0.494 e. The van der Waals surface area contributed by atoms with Crippen LogP contribution in [0.5, 0.6) is 11.5 Å². The van der Waals surface area contributed by atoms with Crippen LogP contribution >= 0.6 is 11.8 Å². The maximum absolute atomic E-state index is 12.5. The summed E-state index contributed by atoms with van der Waals surface area (Å²) < 4.78 is 12.4. The van der Waals surface area contributed by atoms with Gasteiger partial charge in [-0.3, -0.25) is 9.59 Å². The number of benzene rings is 2. The van der Waals surface area contributed by atoms with Crippen LogP contribution in [0.1, 0.15) is 10.4 Å². The van der Waals surface area contributed by atoms with E-state index in [0.717, 1.165) is 0 Å². The van der Waals surface area contributed by atoms with Crippen LogP contribution in [0.3, 0.4) is 0 Å². The van der Waals surface area contributed by atoms with Crippen LogP contribution in [0.2, 0.25) is 0 Å². The Morgan fingerprint density at radius 1 is 1.00 bits per heavy atom. The van der Waals surface area contributed by atoms with Gasteiger partial charge in [0.05, 0.1) is 31.3 Å². The van der Waals surface area contributed by atoms with Crippen LogP contribution in [0.25, 0.3) is 5.78 Å². The lowest BCUT2D eigenvalue weighted by Crippen LogP contribution is -2.16. The summed E-state index contributed by atoms with van der Waals surface area (Å²) in [5.74, 6) is 0.699. The molecule has 0 atom stereocenters. The molecule has 168 valence electrons. The van der Waals surface area contributed by atoms with E-state index < -0.39 is 0 Å². The molecule has 0 saturated carbocycles. The van der Waals surface area contributed by atoms with E-state index in [1.807, 2.05) is 6.07 Å². The highest BCUT2D eigenvalue weighted by Crippen LogP contribution is 2.36. The molecule has 33 heavy (non-hydrogen) atoms. The summed E-state index contributed by atoms with van der Waals surface area (Å²) in [6, 6.07) is 13.7. The molecular weight excluding hydrogens is 444 g/mol. The second kappa shape index (κ2) is 10.0. The molecule has 10 nitrogen and oxygen atoms in total. The van der Waals surface area contributed by atoms with Crippen LogP contribution < -0.4 is 20.1 Å². The van der Waals surface area contributed by atoms with Gasteiger partial charge in [0.1, 0.15) is 11.5 Å². The Morgan fingerprint density at radius 2 is 1.70 bits per heavy atom. The first kappa shape index (κ1) is 22.1. The van der Waals surface area contributed by atoms with Crippen molar-refractivity contribution in [3.8, 4) is 11.5 Å². The van der Waals surface area contributed by atoms with Crippen molar-refractivity contribution < 1.29 is 19.1 Å². The van der Waals surface area contributed by atoms with Crippen molar-refractivity contribution in [2.75, 3.05) is 30.6 Å². The van der Waals surface area contributed by atoms with E-state index in [2.05, 4.69) is 25.7 Å². The number of rotatable bonds is 8. The Morgan fingerprint density at radius 3 is 2.36 bits per heavy atom. The molecule has 0 aliphatic rings. The zero-order valence-electron chi connectivity index (χ0n) is 17.8. The number of aromatic nitrogens is 4. The number of thioether (sulfide) groups is 1. The molecule has 2 heterocycles. The molecule has 11 heteroatoms. The third-order valence-electron chi connectivity index (χ3n) is 4.51. The van der Waals surface area contributed by atoms with Crippen LogP contribution in [-0.2, 0) is 4.79 Å². The zero-order chi connectivity index (χ0) is 23.2. The monoisotopic (exact) mass is 464 g/mol. The van der Waals surface area contributed by atoms with Gasteiger partial charge >= 0.3 is 0 Å². The van der Waals surface area contributed by atoms with Crippen LogP contribution in [0.15, 0.2) is 66.1 Å². The Bertz CT molecular complexity index is 1260. The third-order valence-corrected chi connectivity index (χ3v) is 5.35. The van der Waals surface area contributed by atoms with Crippen LogP contribution in [-0.4, -0.2) is 51.4 Å². The first-order valence-corrected chi connectivity index (χ1v) is 10.8. The van der Waals surface area contributed by atoms with E-state index in [1.54, 1.807) is 54.9 Å². The Hall–Kier alpha value is -4.12. The number of ether oxygens (including phenoxy) is 2. The summed E-state index contributed by atoms with van der Waals surface area (Å²) in [4.78, 5) is 33.4. The van der Waals surface area contributed by atoms with Gasteiger partial charge in [-0.1, -0.05) is 30.0 Å². The number of fused-ring (bicyclic) bond motifs is 1. The van der Waals surface area contributed by atoms with Gasteiger partial charge in [0.15, 0.2) is 0 Å². The largest absolute Gasteiger partial charge is 0.494 e. The lowest BCUT2D eigenvalue weighted by atomic mass is 10.2. The standard InChI is InChI=1S/C22H20N6O4S/c1-31-17-12-16(25-20(30)14-7-4-3-5-8-14)18(32-2)11-15(17)24-19(29)13-33-22-26-21-23-9-6-10-28(21)27-22/h3-12H,13H2,1-2H3,(H,24,29)(H,25,30). The van der Waals surface area contributed by atoms with Crippen molar-refractivity contribution in [3.63, 3.8) is 0 Å². The Labute approximate surface area is 193 Å². The third kappa shape index (κ3) is 5.21. The number of hydrogen-bond donors (Lipinski definition) is 2. The van der Waals surface area contributed by atoms with Gasteiger partial charge in [-0.05, 0) is 18.2 Å². The van der Waals surface area contributed by atoms with Crippen molar-refractivity contribution in [3.05, 3.63) is 66.5 Å². The molecular formula is C22H20N6O4S. The summed E-state index contributed by atoms with van der Waals surface area (Å²) in [5.41, 5.74) is 1.32. The van der Waals surface area contributed by atoms with Gasteiger partial charge in [-0.25, -0.2) is 9.50 Å². The zero-order valence-corrected chi connectivity index (χ0v) is 18.6. The molecule has 0 saturated heterocycles. The quantitative estimate of drug-likeness (QED) is 0.382. The number of anilines is 2. The molecule has 0 fully saturated rings. The van der Waals surface area contributed by atoms with Gasteiger partial charge in [0.2, 0.25) is 11.1 Å². The molecule has 4 rings (SSSR count). The number of hydrogen-bond acceptors (Lipinski definition) is 8. The average molecular weight is 465 g/mol. The second-order valence-corrected chi connectivity index (χ2v) is 7.61. The molecule has 0 unspecified atom stereocenters. The number of nitrogens with one attached hydrogen (secondary N) is 2. The van der Waals surface area contributed by atoms with Gasteiger partial charge in [-0.2, -0.15) is 4.98 Å². The molecule has 0 aliphatic heterocycles. The van der Waals surface area contributed by atoms with Crippen molar-refractivity contribution in [1.82, 2.24) is 19.6 Å². The molecule has 2 amide bonds. The minimum atomic E-state index is -0.293. The molecule has 2 N–H and O–H groups in total. The van der Waals surface area contributed by atoms with Crippen molar-refractivity contribution in [1.29, 1.82) is 0 Å². The fourth-order valence-corrected chi connectivity index (χ4v) is 3.59. The smallest absolute Gasteiger partial charge is 0.255 e. The summed E-state index contributed by atoms with van der Waals surface area (Å²) in [6.07, 6.45) is 3.35. The number of nitrogens with zero attached hydrogens (tertiary/aromatic N) is 4. The molecule has 4 aromatic rings. The van der Waals surface area contributed by atoms with Crippen LogP contribution in [0, 0.1) is 0 Å². The van der Waals surface area contributed by atoms with E-state index >= 15 is 0 Å². The molecule has 0 bridgehead atoms.